The van der Waals surface area contributed by atoms with Gasteiger partial charge in [-0.3, -0.25) is 9.59 Å². The second kappa shape index (κ2) is 10.0. The molecule has 1 aromatic heterocycles. The van der Waals surface area contributed by atoms with E-state index in [-0.39, 0.29) is 17.6 Å². The summed E-state index contributed by atoms with van der Waals surface area (Å²) < 4.78 is 6.95. The fourth-order valence-corrected chi connectivity index (χ4v) is 4.96. The van der Waals surface area contributed by atoms with Gasteiger partial charge in [0.05, 0.1) is 28.6 Å². The van der Waals surface area contributed by atoms with E-state index >= 15 is 0 Å². The quantitative estimate of drug-likeness (QED) is 0.318. The molecule has 32 heavy (non-hydrogen) atoms. The second-order valence-electron chi connectivity index (χ2n) is 6.66. The van der Waals surface area contributed by atoms with Crippen molar-refractivity contribution >= 4 is 68.1 Å². The number of anilines is 2. The highest BCUT2D eigenvalue weighted by molar-refractivity contribution is 8.01. The molecule has 0 saturated heterocycles. The Hall–Kier alpha value is -3.07. The first kappa shape index (κ1) is 22.1. The third-order valence-electron chi connectivity index (χ3n) is 4.43. The van der Waals surface area contributed by atoms with Gasteiger partial charge >= 0.3 is 0 Å². The monoisotopic (exact) mass is 483 g/mol. The van der Waals surface area contributed by atoms with E-state index in [0.717, 1.165) is 14.6 Å². The Bertz CT molecular complexity index is 1280. The number of methoxy groups -OCH3 is 1. The summed E-state index contributed by atoms with van der Waals surface area (Å²) in [6.45, 7) is 0. The molecule has 162 valence electrons. The number of rotatable bonds is 7. The van der Waals surface area contributed by atoms with Crippen molar-refractivity contribution in [2.75, 3.05) is 23.5 Å². The Balaban J connectivity index is 1.39. The number of carbonyl (C=O) groups excluding carboxylic acids is 2. The van der Waals surface area contributed by atoms with Crippen molar-refractivity contribution in [1.29, 1.82) is 0 Å². The molecule has 6 nitrogen and oxygen atoms in total. The number of para-hydroxylation sites is 1. The first-order valence-corrected chi connectivity index (χ1v) is 11.7. The summed E-state index contributed by atoms with van der Waals surface area (Å²) in [5.74, 6) is 0.375. The van der Waals surface area contributed by atoms with Crippen molar-refractivity contribution in [2.45, 2.75) is 4.34 Å². The molecule has 4 aromatic rings. The summed E-state index contributed by atoms with van der Waals surface area (Å²) in [5, 5.41) is 6.34. The predicted molar refractivity (Wildman–Crippen MR) is 131 cm³/mol. The summed E-state index contributed by atoms with van der Waals surface area (Å²) in [6, 6.07) is 19.5. The molecule has 9 heteroatoms. The van der Waals surface area contributed by atoms with E-state index in [1.165, 1.54) is 30.2 Å². The number of nitrogens with one attached hydrogen (secondary N) is 2. The van der Waals surface area contributed by atoms with Crippen LogP contribution >= 0.6 is 34.7 Å². The van der Waals surface area contributed by atoms with Crippen molar-refractivity contribution in [3.8, 4) is 5.75 Å². The predicted octanol–water partition coefficient (Wildman–Crippen LogP) is 5.94. The number of amides is 2. The van der Waals surface area contributed by atoms with E-state index in [1.807, 2.05) is 18.2 Å². The Morgan fingerprint density at radius 3 is 2.56 bits per heavy atom. The third-order valence-corrected chi connectivity index (χ3v) is 6.85. The van der Waals surface area contributed by atoms with E-state index in [9.17, 15) is 9.59 Å². The van der Waals surface area contributed by atoms with Gasteiger partial charge in [-0.2, -0.15) is 0 Å². The molecule has 0 spiro atoms. The van der Waals surface area contributed by atoms with Crippen LogP contribution in [-0.4, -0.2) is 29.7 Å². The maximum absolute atomic E-state index is 12.6. The summed E-state index contributed by atoms with van der Waals surface area (Å²) in [7, 11) is 1.53. The molecule has 4 rings (SSSR count). The van der Waals surface area contributed by atoms with Crippen molar-refractivity contribution in [3.05, 3.63) is 77.3 Å². The van der Waals surface area contributed by atoms with Gasteiger partial charge < -0.3 is 15.4 Å². The number of benzene rings is 3. The highest BCUT2D eigenvalue weighted by Crippen LogP contribution is 2.31. The van der Waals surface area contributed by atoms with Gasteiger partial charge in [0.1, 0.15) is 5.75 Å². The number of carbonyl (C=O) groups is 2. The lowest BCUT2D eigenvalue weighted by Crippen LogP contribution is -2.13. The van der Waals surface area contributed by atoms with Crippen LogP contribution in [0, 0.1) is 0 Å². The van der Waals surface area contributed by atoms with Crippen LogP contribution in [0.25, 0.3) is 10.2 Å². The number of thioether (sulfide) groups is 1. The van der Waals surface area contributed by atoms with Crippen LogP contribution in [0.1, 0.15) is 10.4 Å². The molecular weight excluding hydrogens is 466 g/mol. The average Bonchev–Trinajstić information content (AvgIpc) is 3.21. The Kier molecular flexibility index (Phi) is 6.94. The minimum atomic E-state index is -0.250. The van der Waals surface area contributed by atoms with Crippen LogP contribution in [0.15, 0.2) is 71.1 Å². The zero-order chi connectivity index (χ0) is 22.5. The fraction of sp³-hybridized carbons (Fsp3) is 0.0870. The molecule has 3 aromatic carbocycles. The molecule has 0 aliphatic carbocycles. The third kappa shape index (κ3) is 5.40. The van der Waals surface area contributed by atoms with Crippen molar-refractivity contribution < 1.29 is 14.3 Å². The highest BCUT2D eigenvalue weighted by atomic mass is 35.5. The van der Waals surface area contributed by atoms with Gasteiger partial charge in [-0.1, -0.05) is 35.5 Å². The van der Waals surface area contributed by atoms with Gasteiger partial charge in [0.15, 0.2) is 4.34 Å². The van der Waals surface area contributed by atoms with Gasteiger partial charge in [0.2, 0.25) is 5.91 Å². The highest BCUT2D eigenvalue weighted by Gasteiger charge is 2.13. The van der Waals surface area contributed by atoms with Crippen LogP contribution < -0.4 is 15.4 Å². The number of halogens is 1. The number of aromatic nitrogens is 1. The van der Waals surface area contributed by atoms with Crippen molar-refractivity contribution in [2.24, 2.45) is 0 Å². The SMILES string of the molecule is COc1ccccc1C(=O)Nc1ccc2nc(SCC(=O)Nc3ccc(Cl)cc3)sc2c1. The van der Waals surface area contributed by atoms with Crippen LogP contribution in [0.3, 0.4) is 0 Å². The van der Waals surface area contributed by atoms with E-state index in [0.29, 0.717) is 27.7 Å². The minimum Gasteiger partial charge on any atom is -0.496 e. The lowest BCUT2D eigenvalue weighted by atomic mass is 10.2. The van der Waals surface area contributed by atoms with Crippen LogP contribution in [-0.2, 0) is 4.79 Å². The average molecular weight is 484 g/mol. The lowest BCUT2D eigenvalue weighted by molar-refractivity contribution is -0.113. The molecule has 0 atom stereocenters. The second-order valence-corrected chi connectivity index (χ2v) is 9.35. The molecule has 0 bridgehead atoms. The molecule has 0 radical (unpaired) electrons. The van der Waals surface area contributed by atoms with Gasteiger partial charge in [0.25, 0.3) is 5.91 Å². The van der Waals surface area contributed by atoms with Gasteiger partial charge in [-0.25, -0.2) is 4.98 Å². The van der Waals surface area contributed by atoms with Crippen molar-refractivity contribution in [3.63, 3.8) is 0 Å². The number of thiazole rings is 1. The number of hydrogen-bond acceptors (Lipinski definition) is 6. The van der Waals surface area contributed by atoms with E-state index in [2.05, 4.69) is 15.6 Å². The normalized spacial score (nSPS) is 10.7. The summed E-state index contributed by atoms with van der Waals surface area (Å²) in [6.07, 6.45) is 0. The van der Waals surface area contributed by atoms with Gasteiger partial charge in [-0.05, 0) is 54.6 Å². The molecule has 2 N–H and O–H groups in total. The zero-order valence-electron chi connectivity index (χ0n) is 16.9. The maximum atomic E-state index is 12.6. The van der Waals surface area contributed by atoms with E-state index in [1.54, 1.807) is 48.5 Å². The molecule has 0 aliphatic heterocycles. The molecule has 0 saturated carbocycles. The number of hydrogen-bond donors (Lipinski definition) is 2. The smallest absolute Gasteiger partial charge is 0.259 e. The topological polar surface area (TPSA) is 80.3 Å². The number of fused-ring (bicyclic) bond motifs is 1. The van der Waals surface area contributed by atoms with Crippen LogP contribution in [0.2, 0.25) is 5.02 Å². The van der Waals surface area contributed by atoms with E-state index < -0.39 is 0 Å². The zero-order valence-corrected chi connectivity index (χ0v) is 19.3. The van der Waals surface area contributed by atoms with Crippen molar-refractivity contribution in [1.82, 2.24) is 4.98 Å². The Labute approximate surface area is 198 Å². The first-order valence-electron chi connectivity index (χ1n) is 9.55. The largest absolute Gasteiger partial charge is 0.496 e. The van der Waals surface area contributed by atoms with Crippen LogP contribution in [0.4, 0.5) is 11.4 Å². The minimum absolute atomic E-state index is 0.124. The first-order chi connectivity index (χ1) is 15.5. The summed E-state index contributed by atoms with van der Waals surface area (Å²) in [4.78, 5) is 29.4. The molecular formula is C23H18ClN3O3S2. The molecule has 1 heterocycles. The Morgan fingerprint density at radius 1 is 1.03 bits per heavy atom. The molecule has 2 amide bonds. The van der Waals surface area contributed by atoms with Crippen LogP contribution in [0.5, 0.6) is 5.75 Å². The number of ether oxygens (including phenoxy) is 1. The maximum Gasteiger partial charge on any atom is 0.259 e. The molecule has 0 unspecified atom stereocenters. The van der Waals surface area contributed by atoms with Gasteiger partial charge in [0, 0.05) is 16.4 Å². The number of nitrogens with zero attached hydrogens (tertiary/aromatic N) is 1. The molecule has 0 aliphatic rings. The van der Waals surface area contributed by atoms with Gasteiger partial charge in [-0.15, -0.1) is 11.3 Å². The summed E-state index contributed by atoms with van der Waals surface area (Å²) in [5.41, 5.74) is 2.63. The fourth-order valence-electron chi connectivity index (χ4n) is 2.93. The Morgan fingerprint density at radius 2 is 1.78 bits per heavy atom. The standard InChI is InChI=1S/C23H18ClN3O3S2/c1-30-19-5-3-2-4-17(19)22(29)26-16-10-11-18-20(12-16)32-23(27-18)31-13-21(28)25-15-8-6-14(24)7-9-15/h2-12H,13H2,1H3,(H,25,28)(H,26,29). The lowest BCUT2D eigenvalue weighted by Gasteiger charge is -2.09. The van der Waals surface area contributed by atoms with E-state index in [4.69, 9.17) is 16.3 Å². The summed E-state index contributed by atoms with van der Waals surface area (Å²) >= 11 is 8.69. The molecule has 0 fully saturated rings.